The normalized spacial score (nSPS) is 11.2. The van der Waals surface area contributed by atoms with Crippen LogP contribution in [0, 0.1) is 0 Å². The number of carboxylic acid groups (broad SMARTS) is 1. The van der Waals surface area contributed by atoms with Gasteiger partial charge >= 0.3 is 11.9 Å². The maximum absolute atomic E-state index is 12.9. The van der Waals surface area contributed by atoms with E-state index in [4.69, 9.17) is 5.11 Å². The lowest BCUT2D eigenvalue weighted by atomic mass is 10.2. The van der Waals surface area contributed by atoms with E-state index < -0.39 is 24.0 Å². The summed E-state index contributed by atoms with van der Waals surface area (Å²) in [6.07, 6.45) is 1.90. The van der Waals surface area contributed by atoms with Gasteiger partial charge in [-0.05, 0) is 0 Å². The van der Waals surface area contributed by atoms with Gasteiger partial charge in [-0.3, -0.25) is 14.8 Å². The molecule has 0 unspecified atom stereocenters. The molecule has 0 atom stereocenters. The van der Waals surface area contributed by atoms with E-state index in [0.29, 0.717) is 0 Å². The van der Waals surface area contributed by atoms with E-state index in [1.54, 1.807) is 0 Å². The average molecular weight is 188 g/mol. The molecule has 0 amide bonds. The van der Waals surface area contributed by atoms with Gasteiger partial charge < -0.3 is 5.11 Å². The Morgan fingerprint density at radius 3 is 2.69 bits per heavy atom. The van der Waals surface area contributed by atoms with E-state index in [2.05, 4.69) is 9.97 Å². The summed E-state index contributed by atoms with van der Waals surface area (Å²) in [7, 11) is 0. The van der Waals surface area contributed by atoms with Crippen molar-refractivity contribution in [2.24, 2.45) is 0 Å². The van der Waals surface area contributed by atoms with Crippen molar-refractivity contribution in [2.75, 3.05) is 0 Å². The average Bonchev–Trinajstić information content (AvgIpc) is 2.04. The van der Waals surface area contributed by atoms with E-state index in [-0.39, 0.29) is 0 Å². The van der Waals surface area contributed by atoms with Crippen LogP contribution in [0.2, 0.25) is 0 Å². The highest BCUT2D eigenvalue weighted by Gasteiger charge is 2.36. The second kappa shape index (κ2) is 3.42. The monoisotopic (exact) mass is 188 g/mol. The molecule has 1 N–H and O–H groups in total. The Hall–Kier alpha value is -1.59. The summed E-state index contributed by atoms with van der Waals surface area (Å²) in [5, 5.41) is 8.18. The largest absolute Gasteiger partial charge is 0.481 e. The van der Waals surface area contributed by atoms with Crippen molar-refractivity contribution in [3.8, 4) is 0 Å². The van der Waals surface area contributed by atoms with E-state index in [9.17, 15) is 13.6 Å². The summed E-state index contributed by atoms with van der Waals surface area (Å²) in [6, 6.07) is 0. The number of carboxylic acids is 1. The van der Waals surface area contributed by atoms with Crippen molar-refractivity contribution >= 4 is 5.97 Å². The first kappa shape index (κ1) is 9.50. The molecular weight excluding hydrogens is 182 g/mol. The van der Waals surface area contributed by atoms with E-state index >= 15 is 0 Å². The van der Waals surface area contributed by atoms with Crippen molar-refractivity contribution in [2.45, 2.75) is 12.3 Å². The molecule has 0 spiro atoms. The maximum atomic E-state index is 12.9. The van der Waals surface area contributed by atoms with Crippen LogP contribution in [-0.2, 0) is 10.7 Å². The Bertz CT molecular complexity index is 303. The molecule has 0 aromatic carbocycles. The van der Waals surface area contributed by atoms with Crippen LogP contribution in [0.15, 0.2) is 18.6 Å². The van der Waals surface area contributed by atoms with Crippen molar-refractivity contribution < 1.29 is 18.7 Å². The van der Waals surface area contributed by atoms with Crippen LogP contribution in [0.25, 0.3) is 0 Å². The van der Waals surface area contributed by atoms with Gasteiger partial charge in [0.05, 0.1) is 6.20 Å². The standard InChI is InChI=1S/C7H6F2N2O2/c8-7(9,3-6(12)13)5-4-10-1-2-11-5/h1-2,4H,3H2,(H,12,13). The van der Waals surface area contributed by atoms with Crippen molar-refractivity contribution in [3.05, 3.63) is 24.3 Å². The predicted octanol–water partition coefficient (Wildman–Crippen LogP) is 1.04. The van der Waals surface area contributed by atoms with Crippen LogP contribution in [0.3, 0.4) is 0 Å². The molecule has 0 saturated heterocycles. The number of rotatable bonds is 3. The first-order valence-corrected chi connectivity index (χ1v) is 3.38. The molecule has 0 bridgehead atoms. The summed E-state index contributed by atoms with van der Waals surface area (Å²) >= 11 is 0. The highest BCUT2D eigenvalue weighted by atomic mass is 19.3. The zero-order chi connectivity index (χ0) is 9.90. The molecule has 0 aliphatic carbocycles. The summed E-state index contributed by atoms with van der Waals surface area (Å²) < 4.78 is 25.8. The van der Waals surface area contributed by atoms with Gasteiger partial charge in [-0.25, -0.2) is 0 Å². The second-order valence-corrected chi connectivity index (χ2v) is 2.37. The minimum Gasteiger partial charge on any atom is -0.481 e. The van der Waals surface area contributed by atoms with Crippen LogP contribution in [0.4, 0.5) is 8.78 Å². The SMILES string of the molecule is O=C(O)CC(F)(F)c1cnccn1. The Morgan fingerprint density at radius 1 is 1.54 bits per heavy atom. The Kier molecular flexibility index (Phi) is 2.50. The lowest BCUT2D eigenvalue weighted by Gasteiger charge is -2.11. The number of halogens is 2. The topological polar surface area (TPSA) is 63.1 Å². The van der Waals surface area contributed by atoms with E-state index in [1.165, 1.54) is 6.20 Å². The molecule has 0 fully saturated rings. The third kappa shape index (κ3) is 2.43. The molecule has 13 heavy (non-hydrogen) atoms. The quantitative estimate of drug-likeness (QED) is 0.769. The second-order valence-electron chi connectivity index (χ2n) is 2.37. The number of alkyl halides is 2. The van der Waals surface area contributed by atoms with Crippen LogP contribution in [0.1, 0.15) is 12.1 Å². The van der Waals surface area contributed by atoms with Gasteiger partial charge in [0.2, 0.25) is 0 Å². The van der Waals surface area contributed by atoms with Crippen LogP contribution < -0.4 is 0 Å². The minimum atomic E-state index is -3.46. The van der Waals surface area contributed by atoms with Crippen LogP contribution in [-0.4, -0.2) is 21.0 Å². The fraction of sp³-hybridized carbons (Fsp3) is 0.286. The lowest BCUT2D eigenvalue weighted by Crippen LogP contribution is -2.19. The van der Waals surface area contributed by atoms with Gasteiger partial charge in [-0.2, -0.15) is 8.78 Å². The number of aromatic nitrogens is 2. The van der Waals surface area contributed by atoms with Gasteiger partial charge in [0.1, 0.15) is 12.1 Å². The third-order valence-corrected chi connectivity index (χ3v) is 1.31. The van der Waals surface area contributed by atoms with Crippen molar-refractivity contribution in [1.29, 1.82) is 0 Å². The Labute approximate surface area is 72.3 Å². The predicted molar refractivity (Wildman–Crippen MR) is 38.2 cm³/mol. The maximum Gasteiger partial charge on any atom is 0.309 e. The van der Waals surface area contributed by atoms with Gasteiger partial charge in [0.15, 0.2) is 0 Å². The molecule has 0 aliphatic rings. The van der Waals surface area contributed by atoms with Gasteiger partial charge in [0, 0.05) is 12.4 Å². The van der Waals surface area contributed by atoms with Crippen molar-refractivity contribution in [3.63, 3.8) is 0 Å². The first-order chi connectivity index (χ1) is 6.02. The van der Waals surface area contributed by atoms with Gasteiger partial charge in [-0.15, -0.1) is 0 Å². The summed E-state index contributed by atoms with van der Waals surface area (Å²) in [5.74, 6) is -5.03. The zero-order valence-electron chi connectivity index (χ0n) is 6.44. The number of hydrogen-bond acceptors (Lipinski definition) is 3. The molecule has 1 aromatic heterocycles. The molecule has 4 nitrogen and oxygen atoms in total. The number of carbonyl (C=O) groups is 1. The molecule has 70 valence electrons. The molecule has 0 aliphatic heterocycles. The number of nitrogens with zero attached hydrogens (tertiary/aromatic N) is 2. The molecule has 0 radical (unpaired) electrons. The summed E-state index contributed by atoms with van der Waals surface area (Å²) in [6.45, 7) is 0. The molecule has 1 heterocycles. The number of aliphatic carboxylic acids is 1. The zero-order valence-corrected chi connectivity index (χ0v) is 6.44. The highest BCUT2D eigenvalue weighted by molar-refractivity contribution is 5.68. The van der Waals surface area contributed by atoms with Gasteiger partial charge in [0.25, 0.3) is 0 Å². The van der Waals surface area contributed by atoms with E-state index in [0.717, 1.165) is 12.4 Å². The van der Waals surface area contributed by atoms with Gasteiger partial charge in [-0.1, -0.05) is 0 Å². The molecule has 0 saturated carbocycles. The third-order valence-electron chi connectivity index (χ3n) is 1.31. The Balaban J connectivity index is 2.87. The molecule has 1 aromatic rings. The Morgan fingerprint density at radius 2 is 2.23 bits per heavy atom. The smallest absolute Gasteiger partial charge is 0.309 e. The molecule has 1 rings (SSSR count). The van der Waals surface area contributed by atoms with Crippen molar-refractivity contribution in [1.82, 2.24) is 9.97 Å². The molecular formula is C7H6F2N2O2. The summed E-state index contributed by atoms with van der Waals surface area (Å²) in [4.78, 5) is 16.8. The number of hydrogen-bond donors (Lipinski definition) is 1. The highest BCUT2D eigenvalue weighted by Crippen LogP contribution is 2.28. The fourth-order valence-electron chi connectivity index (χ4n) is 0.768. The fourth-order valence-corrected chi connectivity index (χ4v) is 0.768. The van der Waals surface area contributed by atoms with Crippen LogP contribution >= 0.6 is 0 Å². The summed E-state index contributed by atoms with van der Waals surface area (Å²) in [5.41, 5.74) is -0.627. The lowest BCUT2D eigenvalue weighted by molar-refractivity contribution is -0.145. The molecule has 6 heteroatoms. The van der Waals surface area contributed by atoms with E-state index in [1.807, 2.05) is 0 Å². The minimum absolute atomic E-state index is 0.627. The van der Waals surface area contributed by atoms with Crippen LogP contribution in [0.5, 0.6) is 0 Å². The first-order valence-electron chi connectivity index (χ1n) is 3.38.